The van der Waals surface area contributed by atoms with Crippen molar-refractivity contribution in [3.05, 3.63) is 42.2 Å². The van der Waals surface area contributed by atoms with Crippen molar-refractivity contribution in [2.75, 3.05) is 12.3 Å². The normalized spacial score (nSPS) is 10.1. The molecule has 0 amide bonds. The molecule has 0 aliphatic rings. The van der Waals surface area contributed by atoms with Gasteiger partial charge in [-0.3, -0.25) is 0 Å². The number of aromatic nitrogens is 2. The number of anilines is 1. The van der Waals surface area contributed by atoms with Gasteiger partial charge in [-0.1, -0.05) is 6.07 Å². The molecule has 2 aromatic rings. The number of aliphatic carboxylic acids is 1. The maximum absolute atomic E-state index is 11.5. The zero-order chi connectivity index (χ0) is 13.8. The van der Waals surface area contributed by atoms with Crippen molar-refractivity contribution >= 4 is 17.6 Å². The van der Waals surface area contributed by atoms with Gasteiger partial charge in [0.1, 0.15) is 0 Å². The zero-order valence-corrected chi connectivity index (χ0v) is 9.81. The van der Waals surface area contributed by atoms with E-state index in [1.165, 1.54) is 10.7 Å². The first-order chi connectivity index (χ1) is 9.06. The van der Waals surface area contributed by atoms with Crippen molar-refractivity contribution in [1.29, 1.82) is 0 Å². The summed E-state index contributed by atoms with van der Waals surface area (Å²) in [5.74, 6) is -2.01. The van der Waals surface area contributed by atoms with E-state index in [0.717, 1.165) is 0 Å². The fraction of sp³-hybridized carbons (Fsp3) is 0.0833. The lowest BCUT2D eigenvalue weighted by molar-refractivity contribution is -0.140. The van der Waals surface area contributed by atoms with E-state index >= 15 is 0 Å². The summed E-state index contributed by atoms with van der Waals surface area (Å²) in [5.41, 5.74) is 6.94. The Hall–Kier alpha value is -2.83. The third kappa shape index (κ3) is 3.09. The molecule has 3 N–H and O–H groups in total. The predicted octanol–water partition coefficient (Wildman–Crippen LogP) is 0.696. The van der Waals surface area contributed by atoms with Crippen molar-refractivity contribution in [2.24, 2.45) is 0 Å². The molecule has 0 bridgehead atoms. The highest BCUT2D eigenvalue weighted by atomic mass is 16.5. The first-order valence-electron chi connectivity index (χ1n) is 5.37. The minimum Gasteiger partial charge on any atom is -0.479 e. The highest BCUT2D eigenvalue weighted by Crippen LogP contribution is 2.12. The number of rotatable bonds is 4. The topological polar surface area (TPSA) is 107 Å². The highest BCUT2D eigenvalue weighted by molar-refractivity contribution is 5.88. The third-order valence-corrected chi connectivity index (χ3v) is 2.26. The largest absolute Gasteiger partial charge is 0.479 e. The average molecular weight is 261 g/mol. The van der Waals surface area contributed by atoms with Crippen LogP contribution in [0.5, 0.6) is 0 Å². The number of nitrogens with two attached hydrogens (primary N) is 1. The maximum Gasteiger partial charge on any atom is 0.359 e. The summed E-state index contributed by atoms with van der Waals surface area (Å²) in [6.07, 6.45) is 1.56. The third-order valence-electron chi connectivity index (χ3n) is 2.26. The van der Waals surface area contributed by atoms with Crippen molar-refractivity contribution in [3.63, 3.8) is 0 Å². The molecule has 0 fully saturated rings. The maximum atomic E-state index is 11.5. The van der Waals surface area contributed by atoms with Crippen LogP contribution in [0.15, 0.2) is 36.5 Å². The molecule has 2 rings (SSSR count). The monoisotopic (exact) mass is 261 g/mol. The van der Waals surface area contributed by atoms with Crippen LogP contribution < -0.4 is 5.73 Å². The van der Waals surface area contributed by atoms with Crippen molar-refractivity contribution < 1.29 is 19.4 Å². The number of ether oxygens (including phenoxy) is 1. The molecular formula is C12H11N3O4. The average Bonchev–Trinajstić information content (AvgIpc) is 2.85. The lowest BCUT2D eigenvalue weighted by Gasteiger charge is -2.02. The molecule has 0 saturated heterocycles. The van der Waals surface area contributed by atoms with Gasteiger partial charge in [-0.15, -0.1) is 0 Å². The van der Waals surface area contributed by atoms with Gasteiger partial charge >= 0.3 is 11.9 Å². The Morgan fingerprint density at radius 2 is 2.16 bits per heavy atom. The molecule has 0 unspecified atom stereocenters. The van der Waals surface area contributed by atoms with Gasteiger partial charge < -0.3 is 15.6 Å². The lowest BCUT2D eigenvalue weighted by atomic mass is 10.3. The molecule has 0 radical (unpaired) electrons. The van der Waals surface area contributed by atoms with Gasteiger partial charge in [-0.05, 0) is 24.3 Å². The molecule has 1 aromatic carbocycles. The van der Waals surface area contributed by atoms with Gasteiger partial charge in [-0.2, -0.15) is 5.10 Å². The Morgan fingerprint density at radius 3 is 2.84 bits per heavy atom. The van der Waals surface area contributed by atoms with E-state index in [2.05, 4.69) is 9.84 Å². The van der Waals surface area contributed by atoms with E-state index in [-0.39, 0.29) is 5.69 Å². The molecule has 0 aliphatic heterocycles. The van der Waals surface area contributed by atoms with Crippen LogP contribution in [-0.4, -0.2) is 33.4 Å². The van der Waals surface area contributed by atoms with Gasteiger partial charge in [0.25, 0.3) is 0 Å². The SMILES string of the molecule is Nc1cccc(-n2ccc(C(=O)OCC(=O)O)n2)c1. The summed E-state index contributed by atoms with van der Waals surface area (Å²) in [4.78, 5) is 21.8. The highest BCUT2D eigenvalue weighted by Gasteiger charge is 2.13. The summed E-state index contributed by atoms with van der Waals surface area (Å²) in [6.45, 7) is -0.690. The molecule has 19 heavy (non-hydrogen) atoms. The molecule has 0 saturated carbocycles. The Balaban J connectivity index is 2.15. The molecule has 7 heteroatoms. The number of carbonyl (C=O) groups is 2. The Labute approximate surface area is 108 Å². The summed E-state index contributed by atoms with van der Waals surface area (Å²) in [6, 6.07) is 8.40. The number of carbonyl (C=O) groups excluding carboxylic acids is 1. The number of benzene rings is 1. The van der Waals surface area contributed by atoms with Crippen molar-refractivity contribution in [2.45, 2.75) is 0 Å². The van der Waals surface area contributed by atoms with Gasteiger partial charge in [0.15, 0.2) is 12.3 Å². The molecular weight excluding hydrogens is 250 g/mol. The number of nitrogen functional groups attached to an aromatic ring is 1. The van der Waals surface area contributed by atoms with Crippen LogP contribution in [0.25, 0.3) is 5.69 Å². The minimum absolute atomic E-state index is 0.0312. The van der Waals surface area contributed by atoms with E-state index in [1.54, 1.807) is 30.5 Å². The molecule has 0 aliphatic carbocycles. The summed E-state index contributed by atoms with van der Waals surface area (Å²) in [5, 5.41) is 12.4. The van der Waals surface area contributed by atoms with Gasteiger partial charge in [0, 0.05) is 11.9 Å². The van der Waals surface area contributed by atoms with Crippen LogP contribution in [0.2, 0.25) is 0 Å². The van der Waals surface area contributed by atoms with E-state index < -0.39 is 18.5 Å². The smallest absolute Gasteiger partial charge is 0.359 e. The van der Waals surface area contributed by atoms with Crippen molar-refractivity contribution in [1.82, 2.24) is 9.78 Å². The van der Waals surface area contributed by atoms with E-state index in [4.69, 9.17) is 10.8 Å². The lowest BCUT2D eigenvalue weighted by Crippen LogP contribution is -2.13. The van der Waals surface area contributed by atoms with E-state index in [0.29, 0.717) is 11.4 Å². The Bertz CT molecular complexity index is 621. The second-order valence-corrected chi connectivity index (χ2v) is 3.71. The summed E-state index contributed by atoms with van der Waals surface area (Å²) < 4.78 is 5.98. The quantitative estimate of drug-likeness (QED) is 0.619. The second kappa shape index (κ2) is 5.21. The molecule has 98 valence electrons. The zero-order valence-electron chi connectivity index (χ0n) is 9.81. The molecule has 0 atom stereocenters. The number of esters is 1. The minimum atomic E-state index is -1.22. The van der Waals surface area contributed by atoms with E-state index in [1.807, 2.05) is 0 Å². The Morgan fingerprint density at radius 1 is 1.37 bits per heavy atom. The number of carboxylic acids is 1. The number of carboxylic acid groups (broad SMARTS) is 1. The number of nitrogens with zero attached hydrogens (tertiary/aromatic N) is 2. The predicted molar refractivity (Wildman–Crippen MR) is 65.9 cm³/mol. The molecule has 7 nitrogen and oxygen atoms in total. The molecule has 0 spiro atoms. The van der Waals surface area contributed by atoms with Crippen LogP contribution in [0.1, 0.15) is 10.5 Å². The summed E-state index contributed by atoms with van der Waals surface area (Å²) >= 11 is 0. The number of hydrogen-bond acceptors (Lipinski definition) is 5. The molecule has 1 heterocycles. The van der Waals surface area contributed by atoms with Crippen LogP contribution in [-0.2, 0) is 9.53 Å². The first kappa shape index (κ1) is 12.6. The van der Waals surface area contributed by atoms with Crippen LogP contribution in [0.3, 0.4) is 0 Å². The fourth-order valence-corrected chi connectivity index (χ4v) is 1.45. The standard InChI is InChI=1S/C12H11N3O4/c13-8-2-1-3-9(6-8)15-5-4-10(14-15)12(18)19-7-11(16)17/h1-6H,7,13H2,(H,16,17). The first-order valence-corrected chi connectivity index (χ1v) is 5.37. The van der Waals surface area contributed by atoms with Crippen LogP contribution in [0, 0.1) is 0 Å². The fourth-order valence-electron chi connectivity index (χ4n) is 1.45. The van der Waals surface area contributed by atoms with Crippen molar-refractivity contribution in [3.8, 4) is 5.69 Å². The second-order valence-electron chi connectivity index (χ2n) is 3.71. The van der Waals surface area contributed by atoms with Gasteiger partial charge in [0.05, 0.1) is 5.69 Å². The number of hydrogen-bond donors (Lipinski definition) is 2. The van der Waals surface area contributed by atoms with Gasteiger partial charge in [0.2, 0.25) is 0 Å². The van der Waals surface area contributed by atoms with Crippen LogP contribution in [0.4, 0.5) is 5.69 Å². The van der Waals surface area contributed by atoms with E-state index in [9.17, 15) is 9.59 Å². The Kier molecular flexibility index (Phi) is 3.46. The summed E-state index contributed by atoms with van der Waals surface area (Å²) in [7, 11) is 0. The van der Waals surface area contributed by atoms with Crippen LogP contribution >= 0.6 is 0 Å². The molecule has 1 aromatic heterocycles. The van der Waals surface area contributed by atoms with Gasteiger partial charge in [-0.25, -0.2) is 14.3 Å².